The van der Waals surface area contributed by atoms with Gasteiger partial charge in [0.15, 0.2) is 0 Å². The van der Waals surface area contributed by atoms with E-state index in [4.69, 9.17) is 0 Å². The van der Waals surface area contributed by atoms with Crippen LogP contribution in [0.15, 0.2) is 12.4 Å². The average Bonchev–Trinajstić information content (AvgIpc) is 2.85. The zero-order chi connectivity index (χ0) is 9.47. The van der Waals surface area contributed by atoms with E-state index >= 15 is 0 Å². The van der Waals surface area contributed by atoms with Gasteiger partial charge in [0.1, 0.15) is 12.0 Å². The summed E-state index contributed by atoms with van der Waals surface area (Å²) in [6.07, 6.45) is -1.49. The van der Waals surface area contributed by atoms with Crippen LogP contribution in [-0.2, 0) is 6.18 Å². The van der Waals surface area contributed by atoms with Gasteiger partial charge >= 0.3 is 6.18 Å². The van der Waals surface area contributed by atoms with E-state index in [9.17, 15) is 13.2 Å². The molecule has 13 heavy (non-hydrogen) atoms. The molecule has 0 bridgehead atoms. The average molecular weight is 188 g/mol. The van der Waals surface area contributed by atoms with Gasteiger partial charge in [-0.05, 0) is 18.9 Å². The van der Waals surface area contributed by atoms with Gasteiger partial charge < -0.3 is 0 Å². The Bertz CT molecular complexity index is 317. The van der Waals surface area contributed by atoms with Crippen LogP contribution in [0.5, 0.6) is 0 Å². The van der Waals surface area contributed by atoms with E-state index in [2.05, 4.69) is 9.97 Å². The zero-order valence-electron chi connectivity index (χ0n) is 6.67. The van der Waals surface area contributed by atoms with E-state index in [1.165, 1.54) is 0 Å². The van der Waals surface area contributed by atoms with Crippen molar-refractivity contribution in [3.8, 4) is 0 Å². The smallest absolute Gasteiger partial charge is 0.241 e. The molecule has 1 fully saturated rings. The first-order valence-corrected chi connectivity index (χ1v) is 3.96. The van der Waals surface area contributed by atoms with Gasteiger partial charge in [-0.25, -0.2) is 9.97 Å². The first kappa shape index (κ1) is 8.47. The molecule has 1 saturated carbocycles. The van der Waals surface area contributed by atoms with Gasteiger partial charge in [0.25, 0.3) is 0 Å². The molecule has 0 saturated heterocycles. The molecule has 1 aromatic rings. The molecule has 0 amide bonds. The van der Waals surface area contributed by atoms with Crippen molar-refractivity contribution in [1.29, 1.82) is 0 Å². The first-order valence-electron chi connectivity index (χ1n) is 3.96. The predicted octanol–water partition coefficient (Wildman–Crippen LogP) is 2.37. The zero-order valence-corrected chi connectivity index (χ0v) is 6.67. The third kappa shape index (κ3) is 1.79. The molecular formula is C8H7F3N2. The lowest BCUT2D eigenvalue weighted by atomic mass is 10.2. The Labute approximate surface area is 72.8 Å². The molecule has 0 unspecified atom stereocenters. The molecule has 70 valence electrons. The summed E-state index contributed by atoms with van der Waals surface area (Å²) in [6, 6.07) is 1.04. The highest BCUT2D eigenvalue weighted by Crippen LogP contribution is 2.40. The molecule has 0 radical (unpaired) electrons. The number of hydrogen-bond donors (Lipinski definition) is 0. The molecule has 0 aromatic carbocycles. The van der Waals surface area contributed by atoms with Gasteiger partial charge in [-0.15, -0.1) is 0 Å². The van der Waals surface area contributed by atoms with E-state index < -0.39 is 11.9 Å². The number of alkyl halides is 3. The summed E-state index contributed by atoms with van der Waals surface area (Å²) in [5.74, 6) is 0.226. The predicted molar refractivity (Wildman–Crippen MR) is 39.0 cm³/mol. The SMILES string of the molecule is FC(F)(F)c1cc(C2CC2)ncn1. The third-order valence-corrected chi connectivity index (χ3v) is 1.97. The van der Waals surface area contributed by atoms with Crippen LogP contribution in [0.2, 0.25) is 0 Å². The largest absolute Gasteiger partial charge is 0.433 e. The van der Waals surface area contributed by atoms with Crippen molar-refractivity contribution in [3.05, 3.63) is 23.8 Å². The molecule has 2 rings (SSSR count). The highest BCUT2D eigenvalue weighted by atomic mass is 19.4. The Kier molecular flexibility index (Phi) is 1.75. The van der Waals surface area contributed by atoms with Gasteiger partial charge in [-0.1, -0.05) is 0 Å². The lowest BCUT2D eigenvalue weighted by Crippen LogP contribution is -2.08. The quantitative estimate of drug-likeness (QED) is 0.676. The van der Waals surface area contributed by atoms with E-state index in [0.717, 1.165) is 25.2 Å². The molecule has 0 N–H and O–H groups in total. The van der Waals surface area contributed by atoms with E-state index in [-0.39, 0.29) is 5.92 Å². The van der Waals surface area contributed by atoms with Crippen molar-refractivity contribution >= 4 is 0 Å². The Morgan fingerprint density at radius 2 is 1.92 bits per heavy atom. The normalized spacial score (nSPS) is 17.5. The lowest BCUT2D eigenvalue weighted by molar-refractivity contribution is -0.141. The molecule has 0 aliphatic heterocycles. The Balaban J connectivity index is 2.32. The van der Waals surface area contributed by atoms with Gasteiger partial charge in [0.05, 0.1) is 0 Å². The molecule has 5 heteroatoms. The van der Waals surface area contributed by atoms with Crippen LogP contribution >= 0.6 is 0 Å². The van der Waals surface area contributed by atoms with Crippen LogP contribution in [0, 0.1) is 0 Å². The number of hydrogen-bond acceptors (Lipinski definition) is 2. The van der Waals surface area contributed by atoms with Crippen molar-refractivity contribution < 1.29 is 13.2 Å². The molecular weight excluding hydrogens is 181 g/mol. The molecule has 1 aliphatic carbocycles. The maximum Gasteiger partial charge on any atom is 0.433 e. The van der Waals surface area contributed by atoms with Gasteiger partial charge in [-0.2, -0.15) is 13.2 Å². The van der Waals surface area contributed by atoms with Crippen molar-refractivity contribution in [2.45, 2.75) is 24.9 Å². The molecule has 1 aromatic heterocycles. The minimum atomic E-state index is -4.35. The van der Waals surface area contributed by atoms with Crippen LogP contribution in [0.3, 0.4) is 0 Å². The third-order valence-electron chi connectivity index (χ3n) is 1.97. The van der Waals surface area contributed by atoms with Crippen LogP contribution in [-0.4, -0.2) is 9.97 Å². The summed E-state index contributed by atoms with van der Waals surface area (Å²) < 4.78 is 36.5. The van der Waals surface area contributed by atoms with Crippen LogP contribution in [0.1, 0.15) is 30.1 Å². The Hall–Kier alpha value is -1.13. The second-order valence-electron chi connectivity index (χ2n) is 3.10. The van der Waals surface area contributed by atoms with E-state index in [1.807, 2.05) is 0 Å². The van der Waals surface area contributed by atoms with Gasteiger partial charge in [-0.3, -0.25) is 0 Å². The standard InChI is InChI=1S/C8H7F3N2/c9-8(10,11)7-3-6(5-1-2-5)12-4-13-7/h3-5H,1-2H2. The maximum absolute atomic E-state index is 12.2. The maximum atomic E-state index is 12.2. The second-order valence-corrected chi connectivity index (χ2v) is 3.10. The fourth-order valence-electron chi connectivity index (χ4n) is 1.13. The molecule has 1 heterocycles. The van der Waals surface area contributed by atoms with Gasteiger partial charge in [0, 0.05) is 11.6 Å². The minimum Gasteiger partial charge on any atom is -0.241 e. The fraction of sp³-hybridized carbons (Fsp3) is 0.500. The highest BCUT2D eigenvalue weighted by Gasteiger charge is 2.34. The Morgan fingerprint density at radius 3 is 2.46 bits per heavy atom. The lowest BCUT2D eigenvalue weighted by Gasteiger charge is -2.05. The van der Waals surface area contributed by atoms with Gasteiger partial charge in [0.2, 0.25) is 0 Å². The summed E-state index contributed by atoms with van der Waals surface area (Å²) in [7, 11) is 0. The van der Waals surface area contributed by atoms with Crippen molar-refractivity contribution in [2.75, 3.05) is 0 Å². The second kappa shape index (κ2) is 2.68. The summed E-state index contributed by atoms with van der Waals surface area (Å²) in [4.78, 5) is 6.99. The van der Waals surface area contributed by atoms with Crippen molar-refractivity contribution in [1.82, 2.24) is 9.97 Å². The number of nitrogens with zero attached hydrogens (tertiary/aromatic N) is 2. The Morgan fingerprint density at radius 1 is 1.23 bits per heavy atom. The molecule has 0 spiro atoms. The van der Waals surface area contributed by atoms with Crippen LogP contribution < -0.4 is 0 Å². The molecule has 2 nitrogen and oxygen atoms in total. The summed E-state index contributed by atoms with van der Waals surface area (Å²) in [6.45, 7) is 0. The van der Waals surface area contributed by atoms with Crippen LogP contribution in [0.25, 0.3) is 0 Å². The number of aromatic nitrogens is 2. The highest BCUT2D eigenvalue weighted by molar-refractivity contribution is 5.18. The van der Waals surface area contributed by atoms with E-state index in [0.29, 0.717) is 5.69 Å². The first-order chi connectivity index (χ1) is 6.07. The van der Waals surface area contributed by atoms with E-state index in [1.54, 1.807) is 0 Å². The fourth-order valence-corrected chi connectivity index (χ4v) is 1.13. The summed E-state index contributed by atoms with van der Waals surface area (Å²) in [5.41, 5.74) is -0.327. The minimum absolute atomic E-state index is 0.226. The van der Waals surface area contributed by atoms with Crippen molar-refractivity contribution in [3.63, 3.8) is 0 Å². The monoisotopic (exact) mass is 188 g/mol. The van der Waals surface area contributed by atoms with Crippen molar-refractivity contribution in [2.24, 2.45) is 0 Å². The summed E-state index contributed by atoms with van der Waals surface area (Å²) >= 11 is 0. The molecule has 0 atom stereocenters. The number of rotatable bonds is 1. The topological polar surface area (TPSA) is 25.8 Å². The number of halogens is 3. The molecule has 1 aliphatic rings. The van der Waals surface area contributed by atoms with Crippen LogP contribution in [0.4, 0.5) is 13.2 Å². The summed E-state index contributed by atoms with van der Waals surface area (Å²) in [5, 5.41) is 0.